The van der Waals surface area contributed by atoms with E-state index in [0.717, 1.165) is 0 Å². The third kappa shape index (κ3) is 2.29. The zero-order valence-corrected chi connectivity index (χ0v) is 13.5. The van der Waals surface area contributed by atoms with Crippen LogP contribution >= 0.6 is 45.9 Å². The Hall–Kier alpha value is -0.590. The number of fused-ring (bicyclic) bond motifs is 1. The van der Waals surface area contributed by atoms with Crippen LogP contribution in [0.25, 0.3) is 21.2 Å². The predicted molar refractivity (Wildman–Crippen MR) is 89.6 cm³/mol. The van der Waals surface area contributed by atoms with E-state index in [1.54, 1.807) is 23.3 Å². The van der Waals surface area contributed by atoms with Crippen molar-refractivity contribution in [1.82, 2.24) is 4.37 Å². The summed E-state index contributed by atoms with van der Waals surface area (Å²) in [5, 5.41) is 1.23. The molecule has 90 valence electrons. The first-order valence-electron chi connectivity index (χ1n) is 5.46. The minimum atomic E-state index is 1.23. The molecule has 0 bridgehead atoms. The molecule has 0 aliphatic rings. The zero-order valence-electron chi connectivity index (χ0n) is 9.68. The molecule has 0 fully saturated rings. The first kappa shape index (κ1) is 12.4. The SMILES string of the molecule is CSc1ccc(-c2cc3sncc3cc2I)cc1. The Morgan fingerprint density at radius 3 is 2.67 bits per heavy atom. The van der Waals surface area contributed by atoms with Gasteiger partial charge < -0.3 is 0 Å². The molecule has 1 nitrogen and oxygen atoms in total. The Kier molecular flexibility index (Phi) is 3.59. The Labute approximate surface area is 128 Å². The first-order valence-corrected chi connectivity index (χ1v) is 8.54. The van der Waals surface area contributed by atoms with E-state index >= 15 is 0 Å². The smallest absolute Gasteiger partial charge is 0.0556 e. The van der Waals surface area contributed by atoms with Gasteiger partial charge in [0.25, 0.3) is 0 Å². The summed E-state index contributed by atoms with van der Waals surface area (Å²) in [7, 11) is 0. The van der Waals surface area contributed by atoms with Crippen LogP contribution in [0.4, 0.5) is 0 Å². The highest BCUT2D eigenvalue weighted by Crippen LogP contribution is 2.32. The van der Waals surface area contributed by atoms with Gasteiger partial charge in [-0.1, -0.05) is 12.1 Å². The monoisotopic (exact) mass is 383 g/mol. The van der Waals surface area contributed by atoms with E-state index in [0.29, 0.717) is 0 Å². The van der Waals surface area contributed by atoms with Gasteiger partial charge in [0.2, 0.25) is 0 Å². The molecule has 0 amide bonds. The maximum Gasteiger partial charge on any atom is 0.0556 e. The molecule has 1 heterocycles. The van der Waals surface area contributed by atoms with Crippen LogP contribution in [0.2, 0.25) is 0 Å². The van der Waals surface area contributed by atoms with Crippen molar-refractivity contribution in [3.63, 3.8) is 0 Å². The number of thioether (sulfide) groups is 1. The van der Waals surface area contributed by atoms with E-state index in [1.807, 2.05) is 6.20 Å². The molecule has 0 aliphatic heterocycles. The van der Waals surface area contributed by atoms with Crippen LogP contribution in [0.3, 0.4) is 0 Å². The number of nitrogens with zero attached hydrogens (tertiary/aromatic N) is 1. The molecule has 0 saturated carbocycles. The summed E-state index contributed by atoms with van der Waals surface area (Å²) in [6.45, 7) is 0. The van der Waals surface area contributed by atoms with E-state index in [4.69, 9.17) is 0 Å². The Balaban J connectivity index is 2.14. The number of aromatic nitrogens is 1. The Morgan fingerprint density at radius 1 is 1.17 bits per heavy atom. The summed E-state index contributed by atoms with van der Waals surface area (Å²) in [5.74, 6) is 0. The largest absolute Gasteiger partial charge is 0.200 e. The number of halogens is 1. The minimum Gasteiger partial charge on any atom is -0.200 e. The van der Waals surface area contributed by atoms with Crippen LogP contribution in [0.5, 0.6) is 0 Å². The molecule has 0 N–H and O–H groups in total. The summed E-state index contributed by atoms with van der Waals surface area (Å²) in [6.07, 6.45) is 4.03. The Morgan fingerprint density at radius 2 is 1.94 bits per heavy atom. The quantitative estimate of drug-likeness (QED) is 0.441. The lowest BCUT2D eigenvalue weighted by Crippen LogP contribution is -1.82. The molecule has 3 rings (SSSR count). The van der Waals surface area contributed by atoms with E-state index in [2.05, 4.69) is 69.6 Å². The van der Waals surface area contributed by atoms with Crippen LogP contribution in [0, 0.1) is 3.57 Å². The first-order chi connectivity index (χ1) is 8.78. The van der Waals surface area contributed by atoms with Gasteiger partial charge in [0.05, 0.1) is 4.70 Å². The maximum atomic E-state index is 4.24. The van der Waals surface area contributed by atoms with Crippen molar-refractivity contribution >= 4 is 56.0 Å². The van der Waals surface area contributed by atoms with Crippen molar-refractivity contribution in [3.8, 4) is 11.1 Å². The second kappa shape index (κ2) is 5.19. The van der Waals surface area contributed by atoms with Crippen molar-refractivity contribution in [2.75, 3.05) is 6.26 Å². The van der Waals surface area contributed by atoms with Gasteiger partial charge >= 0.3 is 0 Å². The molecular formula is C14H10INS2. The van der Waals surface area contributed by atoms with Crippen molar-refractivity contribution < 1.29 is 0 Å². The number of benzene rings is 2. The number of rotatable bonds is 2. The molecule has 2 aromatic carbocycles. The Bertz CT molecular complexity index is 689. The lowest BCUT2D eigenvalue weighted by atomic mass is 10.1. The molecule has 0 spiro atoms. The predicted octanol–water partition coefficient (Wildman–Crippen LogP) is 5.29. The van der Waals surface area contributed by atoms with Crippen LogP contribution in [-0.2, 0) is 0 Å². The summed E-state index contributed by atoms with van der Waals surface area (Å²) >= 11 is 5.73. The minimum absolute atomic E-state index is 1.23. The van der Waals surface area contributed by atoms with Gasteiger partial charge in [-0.2, -0.15) is 4.37 Å². The molecule has 0 radical (unpaired) electrons. The zero-order chi connectivity index (χ0) is 12.5. The molecule has 1 aromatic heterocycles. The highest BCUT2D eigenvalue weighted by Gasteiger charge is 2.06. The van der Waals surface area contributed by atoms with Gasteiger partial charge in [-0.05, 0) is 75.8 Å². The van der Waals surface area contributed by atoms with Crippen molar-refractivity contribution in [3.05, 3.63) is 46.2 Å². The van der Waals surface area contributed by atoms with E-state index < -0.39 is 0 Å². The summed E-state index contributed by atoms with van der Waals surface area (Å²) in [5.41, 5.74) is 2.56. The third-order valence-electron chi connectivity index (χ3n) is 2.84. The summed E-state index contributed by atoms with van der Waals surface area (Å²) in [4.78, 5) is 1.30. The van der Waals surface area contributed by atoms with E-state index in [-0.39, 0.29) is 0 Å². The standard InChI is InChI=1S/C14H10INS2/c1-17-11-4-2-9(3-5-11)12-7-14-10(6-13(12)15)8-16-18-14/h2-8H,1H3. The molecule has 0 aliphatic carbocycles. The number of hydrogen-bond acceptors (Lipinski definition) is 3. The van der Waals surface area contributed by atoms with Gasteiger partial charge in [-0.25, -0.2) is 0 Å². The van der Waals surface area contributed by atoms with E-state index in [1.165, 1.54) is 29.7 Å². The van der Waals surface area contributed by atoms with Crippen LogP contribution in [0.1, 0.15) is 0 Å². The van der Waals surface area contributed by atoms with Gasteiger partial charge in [-0.3, -0.25) is 0 Å². The van der Waals surface area contributed by atoms with Crippen molar-refractivity contribution in [2.45, 2.75) is 4.90 Å². The van der Waals surface area contributed by atoms with Gasteiger partial charge in [0, 0.05) is 20.0 Å². The normalized spacial score (nSPS) is 11.0. The number of hydrogen-bond donors (Lipinski definition) is 0. The average Bonchev–Trinajstić information content (AvgIpc) is 2.85. The molecule has 3 aromatic rings. The highest BCUT2D eigenvalue weighted by atomic mass is 127. The average molecular weight is 383 g/mol. The molecular weight excluding hydrogens is 373 g/mol. The summed E-state index contributed by atoms with van der Waals surface area (Å²) in [6, 6.07) is 13.2. The molecule has 0 atom stereocenters. The van der Waals surface area contributed by atoms with Crippen LogP contribution in [0.15, 0.2) is 47.5 Å². The van der Waals surface area contributed by atoms with Crippen molar-refractivity contribution in [1.29, 1.82) is 0 Å². The molecule has 18 heavy (non-hydrogen) atoms. The van der Waals surface area contributed by atoms with Gasteiger partial charge in [0.1, 0.15) is 0 Å². The fourth-order valence-corrected chi connectivity index (χ4v) is 3.76. The maximum absolute atomic E-state index is 4.24. The third-order valence-corrected chi connectivity index (χ3v) is 5.24. The van der Waals surface area contributed by atoms with Crippen LogP contribution in [-0.4, -0.2) is 10.6 Å². The fraction of sp³-hybridized carbons (Fsp3) is 0.0714. The lowest BCUT2D eigenvalue weighted by molar-refractivity contribution is 1.46. The van der Waals surface area contributed by atoms with Gasteiger partial charge in [0.15, 0.2) is 0 Å². The van der Waals surface area contributed by atoms with E-state index in [9.17, 15) is 0 Å². The highest BCUT2D eigenvalue weighted by molar-refractivity contribution is 14.1. The second-order valence-electron chi connectivity index (χ2n) is 3.92. The van der Waals surface area contributed by atoms with Gasteiger partial charge in [-0.15, -0.1) is 11.8 Å². The summed E-state index contributed by atoms with van der Waals surface area (Å²) < 4.78 is 6.76. The molecule has 0 saturated heterocycles. The van der Waals surface area contributed by atoms with Crippen molar-refractivity contribution in [2.24, 2.45) is 0 Å². The fourth-order valence-electron chi connectivity index (χ4n) is 1.88. The van der Waals surface area contributed by atoms with Crippen LogP contribution < -0.4 is 0 Å². The molecule has 4 heteroatoms. The lowest BCUT2D eigenvalue weighted by Gasteiger charge is -2.06. The molecule has 0 unspecified atom stereocenters. The second-order valence-corrected chi connectivity index (χ2v) is 6.80. The topological polar surface area (TPSA) is 12.9 Å².